The number of hydrogen-bond acceptors (Lipinski definition) is 5. The third-order valence-corrected chi connectivity index (χ3v) is 4.55. The van der Waals surface area contributed by atoms with Gasteiger partial charge in [0.15, 0.2) is 17.4 Å². The number of aryl methyl sites for hydroxylation is 1. The van der Waals surface area contributed by atoms with E-state index in [1.807, 2.05) is 56.4 Å². The molecule has 8 heteroatoms. The van der Waals surface area contributed by atoms with E-state index in [2.05, 4.69) is 15.2 Å². The van der Waals surface area contributed by atoms with Gasteiger partial charge in [-0.3, -0.25) is 9.48 Å². The molecule has 2 N–H and O–H groups in total. The van der Waals surface area contributed by atoms with Gasteiger partial charge in [0, 0.05) is 12.4 Å². The van der Waals surface area contributed by atoms with Crippen LogP contribution in [0.25, 0.3) is 17.3 Å². The van der Waals surface area contributed by atoms with Gasteiger partial charge in [0.25, 0.3) is 0 Å². The van der Waals surface area contributed by atoms with Crippen LogP contribution in [0, 0.1) is 13.8 Å². The largest absolute Gasteiger partial charge is 0.456 e. The lowest BCUT2D eigenvalue weighted by atomic mass is 10.1. The molecule has 142 valence electrons. The first-order valence-electron chi connectivity index (χ1n) is 8.88. The van der Waals surface area contributed by atoms with Crippen LogP contribution in [-0.4, -0.2) is 30.5 Å². The van der Waals surface area contributed by atoms with Crippen molar-refractivity contribution in [1.29, 1.82) is 0 Å². The molecule has 28 heavy (non-hydrogen) atoms. The number of benzene rings is 1. The van der Waals surface area contributed by atoms with E-state index in [1.165, 1.54) is 0 Å². The normalized spacial score (nSPS) is 11.1. The van der Waals surface area contributed by atoms with Crippen molar-refractivity contribution < 1.29 is 9.21 Å². The first kappa shape index (κ1) is 17.7. The standard InChI is InChI=1S/C20H20N6O2/c1-13-5-3-6-16(14(13)2)26-20(23-19(24-26)11-18(21)27)17-8-7-15(28-17)12-25-10-4-9-22-25/h3-10H,11-12H2,1-2H3,(H2,21,27). The molecule has 0 aliphatic carbocycles. The molecule has 0 saturated heterocycles. The van der Waals surface area contributed by atoms with E-state index in [9.17, 15) is 4.79 Å². The smallest absolute Gasteiger partial charge is 0.225 e. The summed E-state index contributed by atoms with van der Waals surface area (Å²) in [7, 11) is 0. The van der Waals surface area contributed by atoms with E-state index in [0.717, 1.165) is 22.6 Å². The molecule has 0 radical (unpaired) electrons. The van der Waals surface area contributed by atoms with Crippen molar-refractivity contribution in [3.63, 3.8) is 0 Å². The van der Waals surface area contributed by atoms with Gasteiger partial charge in [0.2, 0.25) is 5.91 Å². The molecule has 1 amide bonds. The number of carbonyl (C=O) groups is 1. The van der Waals surface area contributed by atoms with Gasteiger partial charge in [-0.25, -0.2) is 9.67 Å². The first-order valence-corrected chi connectivity index (χ1v) is 8.88. The van der Waals surface area contributed by atoms with Crippen molar-refractivity contribution in [2.45, 2.75) is 26.8 Å². The predicted octanol–water partition coefficient (Wildman–Crippen LogP) is 2.42. The van der Waals surface area contributed by atoms with Crippen molar-refractivity contribution in [3.05, 3.63) is 71.5 Å². The van der Waals surface area contributed by atoms with Crippen molar-refractivity contribution in [3.8, 4) is 17.3 Å². The zero-order valence-corrected chi connectivity index (χ0v) is 15.7. The molecule has 0 bridgehead atoms. The van der Waals surface area contributed by atoms with E-state index in [4.69, 9.17) is 10.2 Å². The molecule has 0 aliphatic heterocycles. The summed E-state index contributed by atoms with van der Waals surface area (Å²) in [5, 5.41) is 8.70. The van der Waals surface area contributed by atoms with Gasteiger partial charge in [0.1, 0.15) is 5.76 Å². The molecular formula is C20H20N6O2. The second kappa shape index (κ2) is 7.15. The quantitative estimate of drug-likeness (QED) is 0.556. The van der Waals surface area contributed by atoms with Gasteiger partial charge >= 0.3 is 0 Å². The van der Waals surface area contributed by atoms with E-state index in [0.29, 0.717) is 24.0 Å². The van der Waals surface area contributed by atoms with Crippen LogP contribution >= 0.6 is 0 Å². The highest BCUT2D eigenvalue weighted by atomic mass is 16.3. The summed E-state index contributed by atoms with van der Waals surface area (Å²) in [5.74, 6) is 1.70. The van der Waals surface area contributed by atoms with Gasteiger partial charge in [-0.2, -0.15) is 10.2 Å². The van der Waals surface area contributed by atoms with Crippen LogP contribution in [0.1, 0.15) is 22.7 Å². The van der Waals surface area contributed by atoms with Crippen LogP contribution in [0.15, 0.2) is 53.2 Å². The molecule has 8 nitrogen and oxygen atoms in total. The van der Waals surface area contributed by atoms with Crippen molar-refractivity contribution in [2.24, 2.45) is 5.73 Å². The van der Waals surface area contributed by atoms with E-state index in [-0.39, 0.29) is 6.42 Å². The fourth-order valence-electron chi connectivity index (χ4n) is 3.01. The number of hydrogen-bond donors (Lipinski definition) is 1. The summed E-state index contributed by atoms with van der Waals surface area (Å²) in [6.07, 6.45) is 3.55. The van der Waals surface area contributed by atoms with Crippen LogP contribution in [0.4, 0.5) is 0 Å². The second-order valence-electron chi connectivity index (χ2n) is 6.60. The molecule has 0 spiro atoms. The molecular weight excluding hydrogens is 356 g/mol. The SMILES string of the molecule is Cc1cccc(-n2nc(CC(N)=O)nc2-c2ccc(Cn3cccn3)o2)c1C. The highest BCUT2D eigenvalue weighted by Gasteiger charge is 2.19. The van der Waals surface area contributed by atoms with Gasteiger partial charge in [-0.05, 0) is 49.2 Å². The maximum Gasteiger partial charge on any atom is 0.225 e. The van der Waals surface area contributed by atoms with Gasteiger partial charge in [-0.15, -0.1) is 0 Å². The Morgan fingerprint density at radius 2 is 2.04 bits per heavy atom. The Hall–Kier alpha value is -3.68. The third-order valence-electron chi connectivity index (χ3n) is 4.55. The number of rotatable bonds is 6. The maximum absolute atomic E-state index is 11.4. The first-order chi connectivity index (χ1) is 13.5. The molecule has 0 fully saturated rings. The number of amides is 1. The Morgan fingerprint density at radius 1 is 1.18 bits per heavy atom. The lowest BCUT2D eigenvalue weighted by molar-refractivity contribution is -0.117. The number of aromatic nitrogens is 5. The lowest BCUT2D eigenvalue weighted by Gasteiger charge is -2.10. The van der Waals surface area contributed by atoms with Gasteiger partial charge in [-0.1, -0.05) is 12.1 Å². The maximum atomic E-state index is 11.4. The Labute approximate surface area is 161 Å². The summed E-state index contributed by atoms with van der Waals surface area (Å²) in [6.45, 7) is 4.57. The summed E-state index contributed by atoms with van der Waals surface area (Å²) in [5.41, 5.74) is 8.42. The Kier molecular flexibility index (Phi) is 4.52. The number of nitrogens with two attached hydrogens (primary N) is 1. The minimum absolute atomic E-state index is 0.0360. The Balaban J connectivity index is 1.77. The van der Waals surface area contributed by atoms with Crippen molar-refractivity contribution >= 4 is 5.91 Å². The summed E-state index contributed by atoms with van der Waals surface area (Å²) in [4.78, 5) is 15.9. The molecule has 4 rings (SSSR count). The molecule has 3 heterocycles. The average molecular weight is 376 g/mol. The number of nitrogens with zero attached hydrogens (tertiary/aromatic N) is 5. The van der Waals surface area contributed by atoms with E-state index in [1.54, 1.807) is 15.6 Å². The molecule has 3 aromatic heterocycles. The Morgan fingerprint density at radius 3 is 2.79 bits per heavy atom. The summed E-state index contributed by atoms with van der Waals surface area (Å²) >= 11 is 0. The van der Waals surface area contributed by atoms with Crippen LogP contribution in [0.3, 0.4) is 0 Å². The Bertz CT molecular complexity index is 1120. The van der Waals surface area contributed by atoms with E-state index < -0.39 is 5.91 Å². The monoisotopic (exact) mass is 376 g/mol. The van der Waals surface area contributed by atoms with Gasteiger partial charge < -0.3 is 10.2 Å². The van der Waals surface area contributed by atoms with Crippen molar-refractivity contribution in [1.82, 2.24) is 24.5 Å². The van der Waals surface area contributed by atoms with E-state index >= 15 is 0 Å². The number of furan rings is 1. The second-order valence-corrected chi connectivity index (χ2v) is 6.60. The van der Waals surface area contributed by atoms with Crippen LogP contribution in [-0.2, 0) is 17.8 Å². The highest BCUT2D eigenvalue weighted by Crippen LogP contribution is 2.26. The fraction of sp³-hybridized carbons (Fsp3) is 0.200. The van der Waals surface area contributed by atoms with Crippen LogP contribution < -0.4 is 5.73 Å². The highest BCUT2D eigenvalue weighted by molar-refractivity contribution is 5.75. The zero-order chi connectivity index (χ0) is 19.7. The summed E-state index contributed by atoms with van der Waals surface area (Å²) in [6, 6.07) is 11.5. The minimum atomic E-state index is -0.483. The minimum Gasteiger partial charge on any atom is -0.456 e. The fourth-order valence-corrected chi connectivity index (χ4v) is 3.01. The van der Waals surface area contributed by atoms with Crippen molar-refractivity contribution in [2.75, 3.05) is 0 Å². The molecule has 4 aromatic rings. The lowest BCUT2D eigenvalue weighted by Crippen LogP contribution is -2.14. The zero-order valence-electron chi connectivity index (χ0n) is 15.7. The third kappa shape index (κ3) is 3.44. The summed E-state index contributed by atoms with van der Waals surface area (Å²) < 4.78 is 9.47. The topological polar surface area (TPSA) is 105 Å². The number of primary amides is 1. The van der Waals surface area contributed by atoms with Crippen LogP contribution in [0.5, 0.6) is 0 Å². The van der Waals surface area contributed by atoms with Crippen LogP contribution in [0.2, 0.25) is 0 Å². The molecule has 0 atom stereocenters. The number of carbonyl (C=O) groups excluding carboxylic acids is 1. The molecule has 0 unspecified atom stereocenters. The molecule has 0 saturated carbocycles. The van der Waals surface area contributed by atoms with Gasteiger partial charge in [0.05, 0.1) is 18.7 Å². The average Bonchev–Trinajstić information content (AvgIpc) is 3.38. The molecule has 0 aliphatic rings. The predicted molar refractivity (Wildman–Crippen MR) is 103 cm³/mol. The molecule has 1 aromatic carbocycles.